The Kier molecular flexibility index (Phi) is 5.98. The summed E-state index contributed by atoms with van der Waals surface area (Å²) >= 11 is 0. The molecule has 0 aromatic carbocycles. The average molecular weight is 256 g/mol. The first-order valence-electron chi connectivity index (χ1n) is 5.95. The number of hydrogen-bond donors (Lipinski definition) is 0. The van der Waals surface area contributed by atoms with Crippen LogP contribution in [0, 0.1) is 17.3 Å². The standard InChI is InChI=1S/C14H24O2S/c1-7-8-9-10-11-12(17(5,6)16)13(15)14(2,3)4/h7-9H2,1-6H3. The van der Waals surface area contributed by atoms with Crippen LogP contribution in [-0.4, -0.2) is 27.4 Å². The van der Waals surface area contributed by atoms with Crippen LogP contribution in [0.5, 0.6) is 0 Å². The maximum Gasteiger partial charge on any atom is 0.184 e. The molecule has 0 atom stereocenters. The van der Waals surface area contributed by atoms with Gasteiger partial charge in [0.15, 0.2) is 5.78 Å². The quantitative estimate of drug-likeness (QED) is 0.442. The molecule has 17 heavy (non-hydrogen) atoms. The van der Waals surface area contributed by atoms with Crippen LogP contribution in [0.4, 0.5) is 0 Å². The largest absolute Gasteiger partial charge is 0.292 e. The number of unbranched alkanes of at least 4 members (excludes halogenated alkanes) is 2. The fourth-order valence-corrected chi connectivity index (χ4v) is 2.22. The third-order valence-electron chi connectivity index (χ3n) is 2.24. The molecule has 0 aliphatic carbocycles. The molecule has 0 heterocycles. The number of carbonyl (C=O) groups is 1. The Bertz CT molecular complexity index is 439. The topological polar surface area (TPSA) is 34.1 Å². The molecular weight excluding hydrogens is 232 g/mol. The van der Waals surface area contributed by atoms with Crippen molar-refractivity contribution in [2.24, 2.45) is 5.41 Å². The van der Waals surface area contributed by atoms with Gasteiger partial charge in [0.05, 0.1) is 0 Å². The van der Waals surface area contributed by atoms with Crippen molar-refractivity contribution in [3.05, 3.63) is 0 Å². The van der Waals surface area contributed by atoms with Crippen LogP contribution in [0.1, 0.15) is 47.0 Å². The van der Waals surface area contributed by atoms with Crippen molar-refractivity contribution in [2.45, 2.75) is 47.0 Å². The van der Waals surface area contributed by atoms with E-state index in [0.29, 0.717) is 4.86 Å². The molecule has 0 rings (SSSR count). The van der Waals surface area contributed by atoms with Gasteiger partial charge in [0, 0.05) is 24.3 Å². The molecule has 2 nitrogen and oxygen atoms in total. The van der Waals surface area contributed by atoms with Crippen molar-refractivity contribution >= 4 is 20.2 Å². The Morgan fingerprint density at radius 3 is 2.12 bits per heavy atom. The fourth-order valence-electron chi connectivity index (χ4n) is 1.15. The van der Waals surface area contributed by atoms with Gasteiger partial charge in [-0.1, -0.05) is 46.0 Å². The fraction of sp³-hybridized carbons (Fsp3) is 0.714. The van der Waals surface area contributed by atoms with Crippen LogP contribution >= 0.6 is 0 Å². The van der Waals surface area contributed by atoms with Gasteiger partial charge in [-0.25, -0.2) is 0 Å². The van der Waals surface area contributed by atoms with Crippen LogP contribution in [0.3, 0.4) is 0 Å². The lowest BCUT2D eigenvalue weighted by atomic mass is 9.89. The third kappa shape index (κ3) is 5.93. The predicted octanol–water partition coefficient (Wildman–Crippen LogP) is 2.51. The molecule has 0 saturated carbocycles. The van der Waals surface area contributed by atoms with Crippen molar-refractivity contribution in [3.8, 4) is 11.8 Å². The van der Waals surface area contributed by atoms with Gasteiger partial charge >= 0.3 is 0 Å². The molecule has 0 spiro atoms. The summed E-state index contributed by atoms with van der Waals surface area (Å²) in [6, 6.07) is 0. The lowest BCUT2D eigenvalue weighted by Gasteiger charge is -2.17. The monoisotopic (exact) mass is 256 g/mol. The molecule has 0 aromatic rings. The van der Waals surface area contributed by atoms with E-state index in [1.54, 1.807) is 12.5 Å². The molecule has 0 bridgehead atoms. The van der Waals surface area contributed by atoms with E-state index in [1.807, 2.05) is 20.8 Å². The first kappa shape index (κ1) is 16.2. The van der Waals surface area contributed by atoms with Crippen LogP contribution < -0.4 is 0 Å². The summed E-state index contributed by atoms with van der Waals surface area (Å²) in [6.07, 6.45) is 6.01. The number of hydrogen-bond acceptors (Lipinski definition) is 2. The maximum atomic E-state index is 12.2. The third-order valence-corrected chi connectivity index (χ3v) is 3.51. The summed E-state index contributed by atoms with van der Waals surface area (Å²) in [5.41, 5.74) is -0.524. The van der Waals surface area contributed by atoms with Gasteiger partial charge in [-0.3, -0.25) is 9.00 Å². The first-order chi connectivity index (χ1) is 7.60. The second-order valence-electron chi connectivity index (χ2n) is 5.55. The molecule has 0 aliphatic rings. The van der Waals surface area contributed by atoms with Crippen molar-refractivity contribution in [3.63, 3.8) is 0 Å². The summed E-state index contributed by atoms with van der Waals surface area (Å²) in [7, 11) is -2.29. The molecule has 0 aliphatic heterocycles. The highest BCUT2D eigenvalue weighted by molar-refractivity contribution is 8.02. The lowest BCUT2D eigenvalue weighted by Crippen LogP contribution is -2.31. The normalized spacial score (nSPS) is 11.6. The predicted molar refractivity (Wildman–Crippen MR) is 76.8 cm³/mol. The second-order valence-corrected chi connectivity index (χ2v) is 8.42. The van der Waals surface area contributed by atoms with Crippen LogP contribution in [-0.2, 0) is 14.3 Å². The number of carbonyl (C=O) groups excluding carboxylic acids is 1. The molecule has 0 amide bonds. The summed E-state index contributed by atoms with van der Waals surface area (Å²) in [5, 5.41) is 0. The van der Waals surface area contributed by atoms with E-state index in [1.165, 1.54) is 0 Å². The summed E-state index contributed by atoms with van der Waals surface area (Å²) in [5.74, 6) is 5.70. The number of ketones is 1. The Labute approximate surface area is 106 Å². The number of Topliss-reactive ketones (excluding diaryl/α,β-unsaturated/α-hetero) is 1. The van der Waals surface area contributed by atoms with Gasteiger partial charge in [0.2, 0.25) is 0 Å². The van der Waals surface area contributed by atoms with Crippen LogP contribution in [0.25, 0.3) is 0 Å². The Morgan fingerprint density at radius 1 is 1.24 bits per heavy atom. The second kappa shape index (κ2) is 6.26. The molecule has 3 heteroatoms. The Hall–Kier alpha value is -0.750. The van der Waals surface area contributed by atoms with E-state index in [-0.39, 0.29) is 5.78 Å². The molecule has 98 valence electrons. The zero-order valence-corrected chi connectivity index (χ0v) is 12.7. The molecule has 0 unspecified atom stereocenters. The van der Waals surface area contributed by atoms with E-state index in [9.17, 15) is 9.00 Å². The van der Waals surface area contributed by atoms with E-state index in [0.717, 1.165) is 19.3 Å². The van der Waals surface area contributed by atoms with Gasteiger partial charge in [-0.15, -0.1) is 0 Å². The first-order valence-corrected chi connectivity index (χ1v) is 8.33. The van der Waals surface area contributed by atoms with Crippen LogP contribution in [0.15, 0.2) is 0 Å². The minimum absolute atomic E-state index is 0.100. The maximum absolute atomic E-state index is 12.2. The van der Waals surface area contributed by atoms with Crippen LogP contribution in [0.2, 0.25) is 0 Å². The molecule has 0 aromatic heterocycles. The van der Waals surface area contributed by atoms with Gasteiger partial charge < -0.3 is 0 Å². The van der Waals surface area contributed by atoms with E-state index in [4.69, 9.17) is 0 Å². The highest BCUT2D eigenvalue weighted by Gasteiger charge is 2.26. The van der Waals surface area contributed by atoms with Crippen molar-refractivity contribution in [1.82, 2.24) is 0 Å². The van der Waals surface area contributed by atoms with Gasteiger partial charge in [-0.2, -0.15) is 0 Å². The average Bonchev–Trinajstić information content (AvgIpc) is 2.13. The highest BCUT2D eigenvalue weighted by atomic mass is 32.2. The van der Waals surface area contributed by atoms with Crippen molar-refractivity contribution in [1.29, 1.82) is 0 Å². The molecule has 0 N–H and O–H groups in total. The Morgan fingerprint density at radius 2 is 1.76 bits per heavy atom. The minimum Gasteiger partial charge on any atom is -0.292 e. The summed E-state index contributed by atoms with van der Waals surface area (Å²) < 4.78 is 12.1. The highest BCUT2D eigenvalue weighted by Crippen LogP contribution is 2.16. The summed E-state index contributed by atoms with van der Waals surface area (Å²) in [6.45, 7) is 7.58. The van der Waals surface area contributed by atoms with E-state index in [2.05, 4.69) is 18.8 Å². The van der Waals surface area contributed by atoms with Gasteiger partial charge in [-0.05, 0) is 15.9 Å². The lowest BCUT2D eigenvalue weighted by molar-refractivity contribution is -0.119. The van der Waals surface area contributed by atoms with Gasteiger partial charge in [0.1, 0.15) is 4.86 Å². The van der Waals surface area contributed by atoms with Crippen molar-refractivity contribution < 1.29 is 9.00 Å². The minimum atomic E-state index is -2.29. The molecule has 0 radical (unpaired) electrons. The zero-order chi connectivity index (χ0) is 13.7. The molecular formula is C14H24O2S. The van der Waals surface area contributed by atoms with E-state index < -0.39 is 14.9 Å². The van der Waals surface area contributed by atoms with Gasteiger partial charge in [0.25, 0.3) is 0 Å². The van der Waals surface area contributed by atoms with E-state index >= 15 is 0 Å². The molecule has 0 fully saturated rings. The Balaban J connectivity index is 5.30. The number of rotatable bonds is 3. The smallest absolute Gasteiger partial charge is 0.184 e. The van der Waals surface area contributed by atoms with Crippen molar-refractivity contribution in [2.75, 3.05) is 12.5 Å². The summed E-state index contributed by atoms with van der Waals surface area (Å²) in [4.78, 5) is 12.4. The zero-order valence-electron chi connectivity index (χ0n) is 11.8. The molecule has 0 saturated heterocycles. The SMILES string of the molecule is CCCCC#CC(C(=O)C(C)(C)C)=S(C)(C)=O.